The maximum Gasteiger partial charge on any atom is 0.335 e. The molecule has 0 aliphatic heterocycles. The molecule has 2 aromatic rings. The highest BCUT2D eigenvalue weighted by atomic mass is 19.1. The average molecular weight is 279 g/mol. The van der Waals surface area contributed by atoms with Crippen molar-refractivity contribution >= 4 is 11.7 Å². The summed E-state index contributed by atoms with van der Waals surface area (Å²) in [6, 6.07) is 7.34. The van der Waals surface area contributed by atoms with E-state index in [-0.39, 0.29) is 29.2 Å². The molecule has 0 heterocycles. The fourth-order valence-corrected chi connectivity index (χ4v) is 1.61. The maximum atomic E-state index is 13.4. The molecule has 20 heavy (non-hydrogen) atoms. The first kappa shape index (κ1) is 13.8. The number of rotatable bonds is 4. The fourth-order valence-electron chi connectivity index (χ4n) is 1.61. The standard InChI is InChI=1S/C14H11F2NO3/c15-10-2-1-3-11(16)9(10)7-20-13-6-8(14(18)19)4-5-12(13)17/h1-6H,7,17H2,(H,18,19). The molecular weight excluding hydrogens is 268 g/mol. The van der Waals surface area contributed by atoms with Gasteiger partial charge in [0, 0.05) is 0 Å². The zero-order valence-corrected chi connectivity index (χ0v) is 10.3. The molecule has 0 atom stereocenters. The summed E-state index contributed by atoms with van der Waals surface area (Å²) in [4.78, 5) is 10.8. The van der Waals surface area contributed by atoms with E-state index in [0.717, 1.165) is 12.1 Å². The minimum atomic E-state index is -1.15. The van der Waals surface area contributed by atoms with Crippen LogP contribution in [-0.2, 0) is 6.61 Å². The van der Waals surface area contributed by atoms with Gasteiger partial charge in [-0.15, -0.1) is 0 Å². The first-order valence-corrected chi connectivity index (χ1v) is 5.67. The van der Waals surface area contributed by atoms with E-state index in [1.807, 2.05) is 0 Å². The number of aromatic carboxylic acids is 1. The van der Waals surface area contributed by atoms with Crippen LogP contribution in [0.5, 0.6) is 5.75 Å². The summed E-state index contributed by atoms with van der Waals surface area (Å²) in [7, 11) is 0. The van der Waals surface area contributed by atoms with Crippen LogP contribution in [0, 0.1) is 11.6 Å². The number of benzene rings is 2. The van der Waals surface area contributed by atoms with Crippen molar-refractivity contribution in [2.45, 2.75) is 6.61 Å². The monoisotopic (exact) mass is 279 g/mol. The smallest absolute Gasteiger partial charge is 0.335 e. The molecule has 4 nitrogen and oxygen atoms in total. The van der Waals surface area contributed by atoms with Crippen LogP contribution in [0.15, 0.2) is 36.4 Å². The van der Waals surface area contributed by atoms with Crippen LogP contribution in [0.3, 0.4) is 0 Å². The Morgan fingerprint density at radius 3 is 2.45 bits per heavy atom. The van der Waals surface area contributed by atoms with Gasteiger partial charge < -0.3 is 15.6 Å². The van der Waals surface area contributed by atoms with Crippen molar-refractivity contribution in [3.63, 3.8) is 0 Å². The van der Waals surface area contributed by atoms with E-state index < -0.39 is 17.6 Å². The third-order valence-corrected chi connectivity index (χ3v) is 2.69. The first-order valence-electron chi connectivity index (χ1n) is 5.67. The average Bonchev–Trinajstić information content (AvgIpc) is 2.39. The zero-order valence-electron chi connectivity index (χ0n) is 10.3. The third-order valence-electron chi connectivity index (χ3n) is 2.69. The highest BCUT2D eigenvalue weighted by molar-refractivity contribution is 5.89. The number of hydrogen-bond acceptors (Lipinski definition) is 3. The molecule has 3 N–H and O–H groups in total. The van der Waals surface area contributed by atoms with Crippen LogP contribution < -0.4 is 10.5 Å². The highest BCUT2D eigenvalue weighted by Gasteiger charge is 2.12. The Bertz CT molecular complexity index is 639. The van der Waals surface area contributed by atoms with Gasteiger partial charge in [0.15, 0.2) is 0 Å². The predicted molar refractivity (Wildman–Crippen MR) is 68.5 cm³/mol. The number of halogens is 2. The van der Waals surface area contributed by atoms with Crippen molar-refractivity contribution in [3.05, 3.63) is 59.2 Å². The van der Waals surface area contributed by atoms with Gasteiger partial charge in [-0.3, -0.25) is 0 Å². The summed E-state index contributed by atoms with van der Waals surface area (Å²) in [5.74, 6) is -2.56. The van der Waals surface area contributed by atoms with Crippen LogP contribution in [-0.4, -0.2) is 11.1 Å². The lowest BCUT2D eigenvalue weighted by atomic mass is 10.2. The molecule has 104 valence electrons. The number of ether oxygens (including phenoxy) is 1. The molecule has 0 radical (unpaired) electrons. The minimum Gasteiger partial charge on any atom is -0.486 e. The van der Waals surface area contributed by atoms with Crippen molar-refractivity contribution in [3.8, 4) is 5.75 Å². The Labute approximate surface area is 113 Å². The van der Waals surface area contributed by atoms with Crippen LogP contribution in [0.4, 0.5) is 14.5 Å². The molecular formula is C14H11F2NO3. The SMILES string of the molecule is Nc1ccc(C(=O)O)cc1OCc1c(F)cccc1F. The lowest BCUT2D eigenvalue weighted by molar-refractivity contribution is 0.0696. The van der Waals surface area contributed by atoms with E-state index in [9.17, 15) is 13.6 Å². The molecule has 0 spiro atoms. The minimum absolute atomic E-state index is 0.0248. The number of carboxylic acids is 1. The maximum absolute atomic E-state index is 13.4. The second-order valence-corrected chi connectivity index (χ2v) is 4.05. The summed E-state index contributed by atoms with van der Waals surface area (Å²) in [6.45, 7) is -0.383. The molecule has 0 aliphatic carbocycles. The Hall–Kier alpha value is -2.63. The normalized spacial score (nSPS) is 10.3. The van der Waals surface area contributed by atoms with E-state index in [1.165, 1.54) is 24.3 Å². The molecule has 0 fully saturated rings. The summed E-state index contributed by atoms with van der Waals surface area (Å²) < 4.78 is 32.0. The van der Waals surface area contributed by atoms with E-state index in [0.29, 0.717) is 0 Å². The second-order valence-electron chi connectivity index (χ2n) is 4.05. The fraction of sp³-hybridized carbons (Fsp3) is 0.0714. The number of nitrogen functional groups attached to an aromatic ring is 1. The van der Waals surface area contributed by atoms with Gasteiger partial charge in [0.05, 0.1) is 16.8 Å². The highest BCUT2D eigenvalue weighted by Crippen LogP contribution is 2.24. The molecule has 0 unspecified atom stereocenters. The van der Waals surface area contributed by atoms with Gasteiger partial charge in [0.2, 0.25) is 0 Å². The van der Waals surface area contributed by atoms with E-state index >= 15 is 0 Å². The van der Waals surface area contributed by atoms with Crippen molar-refractivity contribution in [2.75, 3.05) is 5.73 Å². The summed E-state index contributed by atoms with van der Waals surface area (Å²) in [5, 5.41) is 8.86. The van der Waals surface area contributed by atoms with E-state index in [1.54, 1.807) is 0 Å². The Kier molecular flexibility index (Phi) is 3.84. The van der Waals surface area contributed by atoms with Crippen LogP contribution in [0.2, 0.25) is 0 Å². The number of anilines is 1. The van der Waals surface area contributed by atoms with Crippen molar-refractivity contribution < 1.29 is 23.4 Å². The van der Waals surface area contributed by atoms with Crippen molar-refractivity contribution in [1.29, 1.82) is 0 Å². The lowest BCUT2D eigenvalue weighted by Gasteiger charge is -2.10. The number of hydrogen-bond donors (Lipinski definition) is 2. The lowest BCUT2D eigenvalue weighted by Crippen LogP contribution is -2.05. The molecule has 6 heteroatoms. The molecule has 2 rings (SSSR count). The largest absolute Gasteiger partial charge is 0.486 e. The van der Waals surface area contributed by atoms with Gasteiger partial charge >= 0.3 is 5.97 Å². The Morgan fingerprint density at radius 1 is 1.20 bits per heavy atom. The van der Waals surface area contributed by atoms with E-state index in [2.05, 4.69) is 0 Å². The van der Waals surface area contributed by atoms with Gasteiger partial charge in [0.25, 0.3) is 0 Å². The third kappa shape index (κ3) is 2.85. The molecule has 2 aromatic carbocycles. The predicted octanol–water partition coefficient (Wildman–Crippen LogP) is 2.82. The molecule has 0 saturated carbocycles. The topological polar surface area (TPSA) is 72.6 Å². The molecule has 0 amide bonds. The van der Waals surface area contributed by atoms with Crippen LogP contribution in [0.25, 0.3) is 0 Å². The van der Waals surface area contributed by atoms with Crippen molar-refractivity contribution in [2.24, 2.45) is 0 Å². The first-order chi connectivity index (χ1) is 9.49. The quantitative estimate of drug-likeness (QED) is 0.844. The molecule has 0 saturated heterocycles. The molecule has 0 aliphatic rings. The Morgan fingerprint density at radius 2 is 1.85 bits per heavy atom. The van der Waals surface area contributed by atoms with E-state index in [4.69, 9.17) is 15.6 Å². The Balaban J connectivity index is 2.23. The van der Waals surface area contributed by atoms with Crippen LogP contribution in [0.1, 0.15) is 15.9 Å². The van der Waals surface area contributed by atoms with Gasteiger partial charge in [-0.25, -0.2) is 13.6 Å². The van der Waals surface area contributed by atoms with Crippen LogP contribution >= 0.6 is 0 Å². The van der Waals surface area contributed by atoms with Gasteiger partial charge in [-0.1, -0.05) is 6.07 Å². The summed E-state index contributed by atoms with van der Waals surface area (Å²) in [6.07, 6.45) is 0. The van der Waals surface area contributed by atoms with Crippen molar-refractivity contribution in [1.82, 2.24) is 0 Å². The summed E-state index contributed by atoms with van der Waals surface area (Å²) >= 11 is 0. The van der Waals surface area contributed by atoms with Gasteiger partial charge in [-0.2, -0.15) is 0 Å². The van der Waals surface area contributed by atoms with Gasteiger partial charge in [-0.05, 0) is 30.3 Å². The number of nitrogens with two attached hydrogens (primary N) is 1. The second kappa shape index (κ2) is 5.56. The zero-order chi connectivity index (χ0) is 14.7. The van der Waals surface area contributed by atoms with Gasteiger partial charge in [0.1, 0.15) is 24.0 Å². The molecule has 0 bridgehead atoms. The number of carboxylic acid groups (broad SMARTS) is 1. The summed E-state index contributed by atoms with van der Waals surface area (Å²) in [5.41, 5.74) is 5.54. The number of carbonyl (C=O) groups is 1. The molecule has 0 aromatic heterocycles.